The van der Waals surface area contributed by atoms with Gasteiger partial charge in [-0.1, -0.05) is 36.4 Å². The molecule has 3 N–H and O–H groups in total. The largest absolute Gasteiger partial charge is 0.368 e. The van der Waals surface area contributed by atoms with E-state index >= 15 is 0 Å². The molecule has 0 bridgehead atoms. The van der Waals surface area contributed by atoms with Gasteiger partial charge in [-0.2, -0.15) is 4.98 Å². The van der Waals surface area contributed by atoms with Crippen LogP contribution in [0.4, 0.5) is 17.5 Å². The van der Waals surface area contributed by atoms with E-state index in [1.807, 2.05) is 6.21 Å². The highest BCUT2D eigenvalue weighted by molar-refractivity contribution is 5.94. The molecule has 5 rings (SSSR count). The molecule has 5 heteroatoms. The standard InChI is InChI=1S/C22H17N5/c23-22-25-8-7-21(27-22)26-18-10-17-12-24-13-20(17)19(11-18)16-6-5-14-3-1-2-4-15(14)9-16/h1-12H,13H2,(H3,23,25,26,27). The number of nitrogen functional groups attached to an aromatic ring is 1. The summed E-state index contributed by atoms with van der Waals surface area (Å²) in [5.74, 6) is 0.916. The molecule has 130 valence electrons. The van der Waals surface area contributed by atoms with Gasteiger partial charge in [0, 0.05) is 23.7 Å². The Morgan fingerprint density at radius 3 is 2.70 bits per heavy atom. The molecule has 1 aliphatic heterocycles. The zero-order valence-corrected chi connectivity index (χ0v) is 14.6. The molecular formula is C22H17N5. The first-order valence-corrected chi connectivity index (χ1v) is 8.78. The van der Waals surface area contributed by atoms with Gasteiger partial charge in [-0.25, -0.2) is 4.98 Å². The highest BCUT2D eigenvalue weighted by Gasteiger charge is 2.15. The van der Waals surface area contributed by atoms with Crippen molar-refractivity contribution in [2.75, 3.05) is 11.1 Å². The van der Waals surface area contributed by atoms with Gasteiger partial charge < -0.3 is 11.1 Å². The van der Waals surface area contributed by atoms with Gasteiger partial charge in [-0.05, 0) is 51.7 Å². The average molecular weight is 351 g/mol. The Morgan fingerprint density at radius 1 is 0.926 bits per heavy atom. The molecule has 1 aromatic heterocycles. The molecule has 4 aromatic rings. The number of hydrogen-bond donors (Lipinski definition) is 2. The van der Waals surface area contributed by atoms with Crippen LogP contribution < -0.4 is 11.1 Å². The third-order valence-electron chi connectivity index (χ3n) is 4.77. The van der Waals surface area contributed by atoms with Gasteiger partial charge in [-0.15, -0.1) is 0 Å². The molecule has 0 unspecified atom stereocenters. The minimum absolute atomic E-state index is 0.248. The number of anilines is 3. The number of aromatic nitrogens is 2. The Balaban J connectivity index is 1.62. The zero-order chi connectivity index (χ0) is 18.2. The number of aliphatic imine (C=N–C) groups is 1. The molecule has 0 atom stereocenters. The maximum atomic E-state index is 5.69. The topological polar surface area (TPSA) is 76.2 Å². The zero-order valence-electron chi connectivity index (χ0n) is 14.6. The van der Waals surface area contributed by atoms with E-state index in [0.29, 0.717) is 12.4 Å². The lowest BCUT2D eigenvalue weighted by atomic mass is 9.94. The molecule has 1 aliphatic rings. The van der Waals surface area contributed by atoms with Crippen LogP contribution in [0, 0.1) is 0 Å². The molecule has 0 aliphatic carbocycles. The molecule has 0 saturated heterocycles. The van der Waals surface area contributed by atoms with Crippen LogP contribution >= 0.6 is 0 Å². The summed E-state index contributed by atoms with van der Waals surface area (Å²) in [4.78, 5) is 12.6. The number of fused-ring (bicyclic) bond motifs is 2. The number of benzene rings is 3. The minimum atomic E-state index is 0.248. The molecule has 0 amide bonds. The van der Waals surface area contributed by atoms with Gasteiger partial charge >= 0.3 is 0 Å². The highest BCUT2D eigenvalue weighted by atomic mass is 15.1. The molecule has 0 radical (unpaired) electrons. The van der Waals surface area contributed by atoms with E-state index in [1.165, 1.54) is 27.5 Å². The lowest BCUT2D eigenvalue weighted by Gasteiger charge is -2.13. The van der Waals surface area contributed by atoms with Crippen LogP contribution in [0.5, 0.6) is 0 Å². The first-order valence-electron chi connectivity index (χ1n) is 8.78. The van der Waals surface area contributed by atoms with E-state index in [2.05, 4.69) is 74.9 Å². The quantitative estimate of drug-likeness (QED) is 0.567. The summed E-state index contributed by atoms with van der Waals surface area (Å²) in [5.41, 5.74) is 11.4. The van der Waals surface area contributed by atoms with E-state index in [1.54, 1.807) is 12.3 Å². The second-order valence-electron chi connectivity index (χ2n) is 6.55. The molecule has 27 heavy (non-hydrogen) atoms. The van der Waals surface area contributed by atoms with Crippen molar-refractivity contribution in [3.8, 4) is 11.1 Å². The Hall–Kier alpha value is -3.73. The fourth-order valence-corrected chi connectivity index (χ4v) is 3.50. The number of nitrogens with zero attached hydrogens (tertiary/aromatic N) is 3. The lowest BCUT2D eigenvalue weighted by Crippen LogP contribution is -2.00. The Bertz CT molecular complexity index is 1200. The molecule has 2 heterocycles. The van der Waals surface area contributed by atoms with Crippen molar-refractivity contribution in [1.29, 1.82) is 0 Å². The fourth-order valence-electron chi connectivity index (χ4n) is 3.50. The van der Waals surface area contributed by atoms with Crippen LogP contribution in [-0.4, -0.2) is 16.2 Å². The third kappa shape index (κ3) is 2.89. The third-order valence-corrected chi connectivity index (χ3v) is 4.77. The lowest BCUT2D eigenvalue weighted by molar-refractivity contribution is 1.11. The van der Waals surface area contributed by atoms with Crippen LogP contribution in [-0.2, 0) is 6.54 Å². The molecule has 0 spiro atoms. The predicted octanol–water partition coefficient (Wildman–Crippen LogP) is 4.56. The van der Waals surface area contributed by atoms with E-state index in [0.717, 1.165) is 11.3 Å². The van der Waals surface area contributed by atoms with E-state index in [4.69, 9.17) is 5.73 Å². The second-order valence-corrected chi connectivity index (χ2v) is 6.55. The number of nitrogens with two attached hydrogens (primary N) is 1. The van der Waals surface area contributed by atoms with Crippen molar-refractivity contribution in [2.45, 2.75) is 6.54 Å². The van der Waals surface area contributed by atoms with Crippen molar-refractivity contribution >= 4 is 34.4 Å². The molecule has 0 fully saturated rings. The summed E-state index contributed by atoms with van der Waals surface area (Å²) in [6.07, 6.45) is 3.57. The summed E-state index contributed by atoms with van der Waals surface area (Å²) in [7, 11) is 0. The minimum Gasteiger partial charge on any atom is -0.368 e. The van der Waals surface area contributed by atoms with E-state index < -0.39 is 0 Å². The van der Waals surface area contributed by atoms with Gasteiger partial charge in [-0.3, -0.25) is 4.99 Å². The molecular weight excluding hydrogens is 334 g/mol. The van der Waals surface area contributed by atoms with Crippen LogP contribution in [0.3, 0.4) is 0 Å². The summed E-state index contributed by atoms with van der Waals surface area (Å²) in [6, 6.07) is 21.0. The number of rotatable bonds is 3. The Morgan fingerprint density at radius 2 is 1.81 bits per heavy atom. The molecule has 5 nitrogen and oxygen atoms in total. The monoisotopic (exact) mass is 351 g/mol. The number of nitrogens with one attached hydrogen (secondary N) is 1. The maximum Gasteiger partial charge on any atom is 0.221 e. The van der Waals surface area contributed by atoms with Crippen molar-refractivity contribution in [1.82, 2.24) is 9.97 Å². The van der Waals surface area contributed by atoms with Crippen molar-refractivity contribution in [2.24, 2.45) is 4.99 Å². The van der Waals surface area contributed by atoms with Crippen molar-refractivity contribution < 1.29 is 0 Å². The van der Waals surface area contributed by atoms with Gasteiger partial charge in [0.1, 0.15) is 5.82 Å². The SMILES string of the molecule is Nc1nccc(Nc2cc3c(c(-c4ccc5ccccc5c4)c2)CN=C3)n1. The van der Waals surface area contributed by atoms with Crippen LogP contribution in [0.25, 0.3) is 21.9 Å². The van der Waals surface area contributed by atoms with Crippen LogP contribution in [0.15, 0.2) is 71.9 Å². The summed E-state index contributed by atoms with van der Waals surface area (Å²) in [6.45, 7) is 0.707. The summed E-state index contributed by atoms with van der Waals surface area (Å²) in [5, 5.41) is 5.79. The summed E-state index contributed by atoms with van der Waals surface area (Å²) >= 11 is 0. The molecule has 0 saturated carbocycles. The first-order chi connectivity index (χ1) is 13.3. The van der Waals surface area contributed by atoms with Gasteiger partial charge in [0.05, 0.1) is 6.54 Å². The van der Waals surface area contributed by atoms with E-state index in [9.17, 15) is 0 Å². The summed E-state index contributed by atoms with van der Waals surface area (Å²) < 4.78 is 0. The van der Waals surface area contributed by atoms with Crippen molar-refractivity contribution in [3.63, 3.8) is 0 Å². The van der Waals surface area contributed by atoms with E-state index in [-0.39, 0.29) is 5.95 Å². The second kappa shape index (κ2) is 6.21. The Labute approximate surface area is 156 Å². The average Bonchev–Trinajstić information content (AvgIpc) is 3.15. The predicted molar refractivity (Wildman–Crippen MR) is 110 cm³/mol. The van der Waals surface area contributed by atoms with Gasteiger partial charge in [0.25, 0.3) is 0 Å². The smallest absolute Gasteiger partial charge is 0.221 e. The number of hydrogen-bond acceptors (Lipinski definition) is 5. The molecule has 3 aromatic carbocycles. The maximum absolute atomic E-state index is 5.69. The fraction of sp³-hybridized carbons (Fsp3) is 0.0455. The Kier molecular flexibility index (Phi) is 3.57. The van der Waals surface area contributed by atoms with Gasteiger partial charge in [0.2, 0.25) is 5.95 Å². The van der Waals surface area contributed by atoms with Crippen molar-refractivity contribution in [3.05, 3.63) is 78.0 Å². The highest BCUT2D eigenvalue weighted by Crippen LogP contribution is 2.34. The van der Waals surface area contributed by atoms with Crippen LogP contribution in [0.1, 0.15) is 11.1 Å². The first kappa shape index (κ1) is 15.5. The van der Waals surface area contributed by atoms with Gasteiger partial charge in [0.15, 0.2) is 0 Å². The van der Waals surface area contributed by atoms with Crippen LogP contribution in [0.2, 0.25) is 0 Å². The normalized spacial score (nSPS) is 12.3.